The molecular weight excluding hydrogens is 361 g/mol. The van der Waals surface area contributed by atoms with Crippen LogP contribution in [0.5, 0.6) is 5.75 Å². The van der Waals surface area contributed by atoms with Gasteiger partial charge in [-0.25, -0.2) is 12.8 Å². The molecule has 0 aromatic heterocycles. The van der Waals surface area contributed by atoms with Gasteiger partial charge in [-0.1, -0.05) is 6.92 Å². The molecular formula is C17H26FN3O4S. The van der Waals surface area contributed by atoms with Crippen molar-refractivity contribution in [3.8, 4) is 5.75 Å². The second-order valence-corrected chi connectivity index (χ2v) is 8.28. The van der Waals surface area contributed by atoms with Crippen LogP contribution in [-0.4, -0.2) is 69.9 Å². The van der Waals surface area contributed by atoms with E-state index in [1.54, 1.807) is 6.92 Å². The number of rotatable bonds is 7. The summed E-state index contributed by atoms with van der Waals surface area (Å²) in [6.07, 6.45) is 1.66. The maximum Gasteiger partial charge on any atom is 0.247 e. The smallest absolute Gasteiger partial charge is 0.247 e. The molecule has 1 fully saturated rings. The highest BCUT2D eigenvalue weighted by Crippen LogP contribution is 2.27. The number of nitrogens with one attached hydrogen (secondary N) is 1. The van der Waals surface area contributed by atoms with Gasteiger partial charge in [-0.05, 0) is 51.2 Å². The van der Waals surface area contributed by atoms with Gasteiger partial charge < -0.3 is 15.0 Å². The summed E-state index contributed by atoms with van der Waals surface area (Å²) >= 11 is 0. The van der Waals surface area contributed by atoms with E-state index in [9.17, 15) is 17.6 Å². The molecule has 1 aliphatic rings. The molecule has 0 radical (unpaired) electrons. The van der Waals surface area contributed by atoms with Gasteiger partial charge in [0, 0.05) is 12.6 Å². The second kappa shape index (κ2) is 8.79. The first-order valence-electron chi connectivity index (χ1n) is 8.59. The van der Waals surface area contributed by atoms with Crippen molar-refractivity contribution < 1.29 is 22.3 Å². The number of benzene rings is 1. The fourth-order valence-electron chi connectivity index (χ4n) is 2.94. The summed E-state index contributed by atoms with van der Waals surface area (Å²) in [5.74, 6) is -1.00. The third-order valence-corrected chi connectivity index (χ3v) is 6.44. The van der Waals surface area contributed by atoms with Crippen LogP contribution in [0.1, 0.15) is 19.8 Å². The number of hydrogen-bond donors (Lipinski definition) is 1. The van der Waals surface area contributed by atoms with Gasteiger partial charge in [-0.15, -0.1) is 0 Å². The molecule has 0 spiro atoms. The Morgan fingerprint density at radius 1 is 1.38 bits per heavy atom. The van der Waals surface area contributed by atoms with Crippen LogP contribution in [0.3, 0.4) is 0 Å². The lowest BCUT2D eigenvalue weighted by molar-refractivity contribution is -0.122. The number of likely N-dealkylation sites (tertiary alicyclic amines) is 1. The minimum Gasteiger partial charge on any atom is -0.495 e. The van der Waals surface area contributed by atoms with Crippen LogP contribution in [0.2, 0.25) is 0 Å². The van der Waals surface area contributed by atoms with Crippen molar-refractivity contribution in [2.75, 3.05) is 40.3 Å². The molecule has 0 unspecified atom stereocenters. The lowest BCUT2D eigenvalue weighted by Gasteiger charge is -2.30. The van der Waals surface area contributed by atoms with Crippen LogP contribution in [0.25, 0.3) is 0 Å². The number of carbonyl (C=O) groups is 1. The molecule has 1 saturated heterocycles. The Morgan fingerprint density at radius 3 is 2.62 bits per heavy atom. The zero-order valence-corrected chi connectivity index (χ0v) is 16.2. The van der Waals surface area contributed by atoms with Gasteiger partial charge in [-0.2, -0.15) is 4.31 Å². The van der Waals surface area contributed by atoms with Crippen molar-refractivity contribution in [2.24, 2.45) is 0 Å². The predicted molar refractivity (Wildman–Crippen MR) is 96.0 cm³/mol. The van der Waals surface area contributed by atoms with E-state index in [1.807, 2.05) is 7.05 Å². The summed E-state index contributed by atoms with van der Waals surface area (Å²) < 4.78 is 45.3. The first-order chi connectivity index (χ1) is 12.3. The normalized spacial score (nSPS) is 16.7. The molecule has 26 heavy (non-hydrogen) atoms. The SMILES string of the molecule is CCN(CC(=O)NC1CCN(C)CC1)S(=O)(=O)c1cc(F)ccc1OC. The highest BCUT2D eigenvalue weighted by molar-refractivity contribution is 7.89. The number of amides is 1. The van der Waals surface area contributed by atoms with Crippen molar-refractivity contribution >= 4 is 15.9 Å². The minimum absolute atomic E-state index is 0.0422. The summed E-state index contributed by atoms with van der Waals surface area (Å²) in [7, 11) is -0.723. The Balaban J connectivity index is 2.11. The van der Waals surface area contributed by atoms with Crippen LogP contribution < -0.4 is 10.1 Å². The summed E-state index contributed by atoms with van der Waals surface area (Å²) in [5, 5.41) is 2.89. The fourth-order valence-corrected chi connectivity index (χ4v) is 4.52. The predicted octanol–water partition coefficient (Wildman–Crippen LogP) is 1.06. The average molecular weight is 387 g/mol. The summed E-state index contributed by atoms with van der Waals surface area (Å²) in [4.78, 5) is 14.2. The number of likely N-dealkylation sites (N-methyl/N-ethyl adjacent to an activating group) is 1. The van der Waals surface area contributed by atoms with Crippen LogP contribution in [0, 0.1) is 5.82 Å². The maximum absolute atomic E-state index is 13.6. The molecule has 7 nitrogen and oxygen atoms in total. The van der Waals surface area contributed by atoms with E-state index in [0.717, 1.165) is 42.4 Å². The Labute approximate surface area is 154 Å². The van der Waals surface area contributed by atoms with Crippen molar-refractivity contribution in [2.45, 2.75) is 30.7 Å². The topological polar surface area (TPSA) is 79.0 Å². The molecule has 1 amide bonds. The zero-order valence-electron chi connectivity index (χ0n) is 15.4. The first-order valence-corrected chi connectivity index (χ1v) is 10.0. The van der Waals surface area contributed by atoms with Crippen molar-refractivity contribution in [1.82, 2.24) is 14.5 Å². The van der Waals surface area contributed by atoms with Crippen molar-refractivity contribution in [1.29, 1.82) is 0 Å². The van der Waals surface area contributed by atoms with Gasteiger partial charge in [0.1, 0.15) is 16.5 Å². The average Bonchev–Trinajstić information content (AvgIpc) is 2.61. The molecule has 1 heterocycles. The molecule has 0 aliphatic carbocycles. The molecule has 1 aromatic carbocycles. The lowest BCUT2D eigenvalue weighted by Crippen LogP contribution is -2.47. The van der Waals surface area contributed by atoms with Crippen LogP contribution in [0.4, 0.5) is 4.39 Å². The van der Waals surface area contributed by atoms with Gasteiger partial charge in [-0.3, -0.25) is 4.79 Å². The third-order valence-electron chi connectivity index (χ3n) is 4.50. The van der Waals surface area contributed by atoms with E-state index in [-0.39, 0.29) is 35.7 Å². The van der Waals surface area contributed by atoms with E-state index in [0.29, 0.717) is 0 Å². The number of ether oxygens (including phenoxy) is 1. The van der Waals surface area contributed by atoms with Crippen molar-refractivity contribution in [3.63, 3.8) is 0 Å². The van der Waals surface area contributed by atoms with Crippen LogP contribution >= 0.6 is 0 Å². The Morgan fingerprint density at radius 2 is 2.04 bits per heavy atom. The van der Waals surface area contributed by atoms with Gasteiger partial charge in [0.15, 0.2) is 0 Å². The highest BCUT2D eigenvalue weighted by atomic mass is 32.2. The number of methoxy groups -OCH3 is 1. The summed E-state index contributed by atoms with van der Waals surface area (Å²) in [6, 6.07) is 3.34. The fraction of sp³-hybridized carbons (Fsp3) is 0.588. The number of halogens is 1. The van der Waals surface area contributed by atoms with E-state index < -0.39 is 15.8 Å². The number of hydrogen-bond acceptors (Lipinski definition) is 5. The van der Waals surface area contributed by atoms with Gasteiger partial charge in [0.25, 0.3) is 0 Å². The maximum atomic E-state index is 13.6. The molecule has 0 saturated carbocycles. The lowest BCUT2D eigenvalue weighted by atomic mass is 10.1. The van der Waals surface area contributed by atoms with Crippen molar-refractivity contribution in [3.05, 3.63) is 24.0 Å². The number of nitrogens with zero attached hydrogens (tertiary/aromatic N) is 2. The van der Waals surface area contributed by atoms with Crippen LogP contribution in [-0.2, 0) is 14.8 Å². The quantitative estimate of drug-likeness (QED) is 0.757. The Bertz CT molecular complexity index is 734. The summed E-state index contributed by atoms with van der Waals surface area (Å²) in [5.41, 5.74) is 0. The molecule has 1 aromatic rings. The number of sulfonamides is 1. The Kier molecular flexibility index (Phi) is 6.96. The van der Waals surface area contributed by atoms with Crippen LogP contribution in [0.15, 0.2) is 23.1 Å². The standard InChI is InChI=1S/C17H26FN3O4S/c1-4-21(12-17(22)19-14-7-9-20(2)10-8-14)26(23,24)16-11-13(18)5-6-15(16)25-3/h5-6,11,14H,4,7-10,12H2,1-3H3,(H,19,22). The van der Waals surface area contributed by atoms with Gasteiger partial charge >= 0.3 is 0 Å². The van der Waals surface area contributed by atoms with E-state index in [1.165, 1.54) is 13.2 Å². The minimum atomic E-state index is -4.06. The first kappa shape index (κ1) is 20.6. The van der Waals surface area contributed by atoms with E-state index in [4.69, 9.17) is 4.74 Å². The molecule has 1 aliphatic heterocycles. The zero-order chi connectivity index (χ0) is 19.3. The number of piperidine rings is 1. The van der Waals surface area contributed by atoms with Gasteiger partial charge in [0.2, 0.25) is 15.9 Å². The highest BCUT2D eigenvalue weighted by Gasteiger charge is 2.29. The molecule has 0 atom stereocenters. The molecule has 1 N–H and O–H groups in total. The molecule has 2 rings (SSSR count). The van der Waals surface area contributed by atoms with E-state index in [2.05, 4.69) is 10.2 Å². The van der Waals surface area contributed by atoms with E-state index >= 15 is 0 Å². The monoisotopic (exact) mass is 387 g/mol. The second-order valence-electron chi connectivity index (χ2n) is 6.37. The molecule has 146 valence electrons. The summed E-state index contributed by atoms with van der Waals surface area (Å²) in [6.45, 7) is 3.18. The molecule has 9 heteroatoms. The number of carbonyl (C=O) groups excluding carboxylic acids is 1. The van der Waals surface area contributed by atoms with Gasteiger partial charge in [0.05, 0.1) is 13.7 Å². The third kappa shape index (κ3) is 4.93. The molecule has 0 bridgehead atoms. The largest absolute Gasteiger partial charge is 0.495 e. The Hall–Kier alpha value is -1.71.